The van der Waals surface area contributed by atoms with Gasteiger partial charge < -0.3 is 14.5 Å². The predicted octanol–water partition coefficient (Wildman–Crippen LogP) is 5.35. The van der Waals surface area contributed by atoms with E-state index in [4.69, 9.17) is 9.15 Å². The van der Waals surface area contributed by atoms with Crippen molar-refractivity contribution >= 4 is 22.4 Å². The van der Waals surface area contributed by atoms with Crippen molar-refractivity contribution in [3.63, 3.8) is 0 Å². The number of amides is 1. The van der Waals surface area contributed by atoms with Gasteiger partial charge in [0.15, 0.2) is 0 Å². The van der Waals surface area contributed by atoms with Crippen LogP contribution in [0, 0.1) is 6.92 Å². The van der Waals surface area contributed by atoms with E-state index in [1.165, 1.54) is 24.0 Å². The van der Waals surface area contributed by atoms with Gasteiger partial charge in [0.2, 0.25) is 5.91 Å². The van der Waals surface area contributed by atoms with Crippen molar-refractivity contribution in [2.24, 2.45) is 0 Å². The van der Waals surface area contributed by atoms with Crippen molar-refractivity contribution in [2.45, 2.75) is 46.1 Å². The zero-order valence-corrected chi connectivity index (χ0v) is 17.3. The molecule has 1 aliphatic rings. The van der Waals surface area contributed by atoms with E-state index in [-0.39, 0.29) is 5.91 Å². The molecule has 29 heavy (non-hydrogen) atoms. The topological polar surface area (TPSA) is 51.5 Å². The summed E-state index contributed by atoms with van der Waals surface area (Å²) in [5.41, 5.74) is 6.27. The van der Waals surface area contributed by atoms with Gasteiger partial charge in [0.05, 0.1) is 7.11 Å². The number of methoxy groups -OCH3 is 1. The van der Waals surface area contributed by atoms with Gasteiger partial charge in [-0.15, -0.1) is 0 Å². The van der Waals surface area contributed by atoms with Crippen LogP contribution in [0.5, 0.6) is 5.75 Å². The van der Waals surface area contributed by atoms with E-state index in [9.17, 15) is 4.79 Å². The third kappa shape index (κ3) is 4.07. The molecule has 0 radical (unpaired) electrons. The van der Waals surface area contributed by atoms with Crippen LogP contribution in [0.1, 0.15) is 47.8 Å². The van der Waals surface area contributed by atoms with Gasteiger partial charge in [0.25, 0.3) is 0 Å². The summed E-state index contributed by atoms with van der Waals surface area (Å²) < 4.78 is 11.7. The quantitative estimate of drug-likeness (QED) is 0.599. The molecule has 4 nitrogen and oxygen atoms in total. The standard InChI is InChI=1S/C25H27NO3/c1-16-8-10-18(11-9-16)15-26-25(27)12-17(2)20-13-21-19-6-4-5-7-22(19)29-24(21)14-23(20)28-3/h8-14H,4-7,15H2,1-3H3,(H,26,27)/b17-12+. The van der Waals surface area contributed by atoms with Gasteiger partial charge in [-0.1, -0.05) is 29.8 Å². The van der Waals surface area contributed by atoms with E-state index in [2.05, 4.69) is 18.3 Å². The van der Waals surface area contributed by atoms with Gasteiger partial charge in [-0.2, -0.15) is 0 Å². The fourth-order valence-electron chi connectivity index (χ4n) is 3.99. The fourth-order valence-corrected chi connectivity index (χ4v) is 3.99. The third-order valence-corrected chi connectivity index (χ3v) is 5.64. The first-order valence-corrected chi connectivity index (χ1v) is 10.2. The van der Waals surface area contributed by atoms with Gasteiger partial charge in [-0.25, -0.2) is 0 Å². The first kappa shape index (κ1) is 19.3. The summed E-state index contributed by atoms with van der Waals surface area (Å²) in [5.74, 6) is 1.71. The minimum atomic E-state index is -0.112. The molecule has 3 aromatic rings. The number of benzene rings is 2. The van der Waals surface area contributed by atoms with Crippen LogP contribution >= 0.6 is 0 Å². The van der Waals surface area contributed by atoms with Crippen LogP contribution in [-0.2, 0) is 24.2 Å². The molecule has 0 atom stereocenters. The molecule has 4 rings (SSSR count). The zero-order valence-electron chi connectivity index (χ0n) is 17.3. The summed E-state index contributed by atoms with van der Waals surface area (Å²) >= 11 is 0. The molecule has 2 aromatic carbocycles. The second-order valence-corrected chi connectivity index (χ2v) is 7.79. The number of nitrogens with one attached hydrogen (secondary N) is 1. The number of hydrogen-bond acceptors (Lipinski definition) is 3. The summed E-state index contributed by atoms with van der Waals surface area (Å²) in [6.45, 7) is 4.51. The highest BCUT2D eigenvalue weighted by Crippen LogP contribution is 2.37. The van der Waals surface area contributed by atoms with Crippen LogP contribution in [-0.4, -0.2) is 13.0 Å². The molecular weight excluding hydrogens is 362 g/mol. The van der Waals surface area contributed by atoms with Gasteiger partial charge in [-0.05, 0) is 50.3 Å². The molecule has 0 aliphatic heterocycles. The number of carbonyl (C=O) groups is 1. The summed E-state index contributed by atoms with van der Waals surface area (Å²) in [4.78, 5) is 12.5. The Labute approximate surface area is 171 Å². The van der Waals surface area contributed by atoms with Crippen LogP contribution in [0.2, 0.25) is 0 Å². The Morgan fingerprint density at radius 2 is 1.93 bits per heavy atom. The molecule has 0 saturated heterocycles. The fraction of sp³-hybridized carbons (Fsp3) is 0.320. The Morgan fingerprint density at radius 1 is 1.17 bits per heavy atom. The van der Waals surface area contributed by atoms with Crippen LogP contribution in [0.3, 0.4) is 0 Å². The average molecular weight is 389 g/mol. The van der Waals surface area contributed by atoms with Crippen LogP contribution in [0.4, 0.5) is 0 Å². The van der Waals surface area contributed by atoms with Gasteiger partial charge in [0, 0.05) is 41.6 Å². The van der Waals surface area contributed by atoms with Crippen molar-refractivity contribution in [3.8, 4) is 5.75 Å². The molecule has 0 fully saturated rings. The lowest BCUT2D eigenvalue weighted by Crippen LogP contribution is -2.20. The SMILES string of the molecule is COc1cc2oc3c(c2cc1/C(C)=C/C(=O)NCc1ccc(C)cc1)CCCC3. The molecule has 0 bridgehead atoms. The Bertz CT molecular complexity index is 1070. The summed E-state index contributed by atoms with van der Waals surface area (Å²) in [7, 11) is 1.65. The number of ether oxygens (including phenoxy) is 1. The number of allylic oxidation sites excluding steroid dienone is 1. The highest BCUT2D eigenvalue weighted by atomic mass is 16.5. The summed E-state index contributed by atoms with van der Waals surface area (Å²) in [6.07, 6.45) is 6.06. The van der Waals surface area contributed by atoms with E-state index in [1.54, 1.807) is 13.2 Å². The normalized spacial score (nSPS) is 14.0. The number of rotatable bonds is 5. The average Bonchev–Trinajstić information content (AvgIpc) is 3.09. The number of hydrogen-bond donors (Lipinski definition) is 1. The highest BCUT2D eigenvalue weighted by Gasteiger charge is 2.20. The number of carbonyl (C=O) groups excluding carboxylic acids is 1. The maximum atomic E-state index is 12.5. The minimum Gasteiger partial charge on any atom is -0.496 e. The molecule has 1 amide bonds. The van der Waals surface area contributed by atoms with Crippen LogP contribution in [0.15, 0.2) is 46.9 Å². The van der Waals surface area contributed by atoms with E-state index >= 15 is 0 Å². The molecular formula is C25H27NO3. The second kappa shape index (κ2) is 8.16. The molecule has 1 aromatic heterocycles. The molecule has 150 valence electrons. The number of furan rings is 1. The summed E-state index contributed by atoms with van der Waals surface area (Å²) in [5, 5.41) is 4.11. The molecule has 0 saturated carbocycles. The van der Waals surface area contributed by atoms with E-state index < -0.39 is 0 Å². The lowest BCUT2D eigenvalue weighted by Gasteiger charge is -2.11. The van der Waals surface area contributed by atoms with Crippen molar-refractivity contribution in [1.82, 2.24) is 5.32 Å². The smallest absolute Gasteiger partial charge is 0.244 e. The van der Waals surface area contributed by atoms with Gasteiger partial charge >= 0.3 is 0 Å². The van der Waals surface area contributed by atoms with Crippen molar-refractivity contribution in [1.29, 1.82) is 0 Å². The largest absolute Gasteiger partial charge is 0.496 e. The molecule has 1 aliphatic carbocycles. The van der Waals surface area contributed by atoms with Crippen molar-refractivity contribution in [3.05, 3.63) is 70.5 Å². The Kier molecular flexibility index (Phi) is 5.43. The lowest BCUT2D eigenvalue weighted by molar-refractivity contribution is -0.116. The second-order valence-electron chi connectivity index (χ2n) is 7.79. The van der Waals surface area contributed by atoms with E-state index in [1.807, 2.05) is 37.3 Å². The highest BCUT2D eigenvalue weighted by molar-refractivity contribution is 5.97. The molecule has 0 unspecified atom stereocenters. The van der Waals surface area contributed by atoms with Gasteiger partial charge in [0.1, 0.15) is 17.1 Å². The van der Waals surface area contributed by atoms with Crippen molar-refractivity contribution < 1.29 is 13.9 Å². The minimum absolute atomic E-state index is 0.112. The molecule has 1 heterocycles. The first-order valence-electron chi connectivity index (χ1n) is 10.2. The zero-order chi connectivity index (χ0) is 20.4. The lowest BCUT2D eigenvalue weighted by atomic mass is 9.94. The van der Waals surface area contributed by atoms with E-state index in [0.29, 0.717) is 6.54 Å². The number of aryl methyl sites for hydroxylation is 3. The Hall–Kier alpha value is -3.01. The Morgan fingerprint density at radius 3 is 2.69 bits per heavy atom. The summed E-state index contributed by atoms with van der Waals surface area (Å²) in [6, 6.07) is 12.2. The van der Waals surface area contributed by atoms with E-state index in [0.717, 1.165) is 52.0 Å². The third-order valence-electron chi connectivity index (χ3n) is 5.64. The van der Waals surface area contributed by atoms with Crippen molar-refractivity contribution in [2.75, 3.05) is 7.11 Å². The molecule has 0 spiro atoms. The monoisotopic (exact) mass is 389 g/mol. The number of fused-ring (bicyclic) bond motifs is 3. The van der Waals surface area contributed by atoms with Gasteiger partial charge in [-0.3, -0.25) is 4.79 Å². The van der Waals surface area contributed by atoms with Crippen LogP contribution in [0.25, 0.3) is 16.5 Å². The first-order chi connectivity index (χ1) is 14.0. The molecule has 4 heteroatoms. The molecule has 1 N–H and O–H groups in total. The predicted molar refractivity (Wildman–Crippen MR) is 116 cm³/mol. The maximum absolute atomic E-state index is 12.5. The maximum Gasteiger partial charge on any atom is 0.244 e. The van der Waals surface area contributed by atoms with Crippen LogP contribution < -0.4 is 10.1 Å². The Balaban J connectivity index is 1.58.